The van der Waals surface area contributed by atoms with Gasteiger partial charge in [-0.15, -0.1) is 0 Å². The number of fused-ring (bicyclic) bond motifs is 1. The molecule has 1 N–H and O–H groups in total. The van der Waals surface area contributed by atoms with Crippen LogP contribution in [0.2, 0.25) is 5.02 Å². The number of rotatable bonds is 3. The van der Waals surface area contributed by atoms with Crippen LogP contribution in [-0.4, -0.2) is 24.6 Å². The molecule has 114 valence electrons. The second-order valence-electron chi connectivity index (χ2n) is 5.00. The third kappa shape index (κ3) is 2.76. The average molecular weight is 334 g/mol. The van der Waals surface area contributed by atoms with Gasteiger partial charge < -0.3 is 14.7 Å². The number of likely N-dealkylation sites (N-methyl/N-ethyl adjacent to an activating group) is 1. The average Bonchev–Trinajstić information content (AvgIpc) is 2.85. The van der Waals surface area contributed by atoms with E-state index in [1.165, 1.54) is 17.7 Å². The number of ether oxygens (including phenoxy) is 1. The van der Waals surface area contributed by atoms with Crippen molar-refractivity contribution in [3.63, 3.8) is 0 Å². The summed E-state index contributed by atoms with van der Waals surface area (Å²) in [6, 6.07) is 11.8. The number of thioether (sulfide) groups is 1. The minimum atomic E-state index is -0.0268. The van der Waals surface area contributed by atoms with Crippen molar-refractivity contribution in [2.75, 3.05) is 19.1 Å². The molecule has 3 nitrogen and oxygen atoms in total. The van der Waals surface area contributed by atoms with E-state index in [1.54, 1.807) is 23.9 Å². The smallest absolute Gasteiger partial charge is 0.176 e. The Bertz CT molecular complexity index is 733. The van der Waals surface area contributed by atoms with Crippen LogP contribution in [-0.2, 0) is 0 Å². The molecule has 2 aromatic rings. The van der Waals surface area contributed by atoms with Crippen LogP contribution < -0.4 is 9.64 Å². The molecule has 2 aromatic carbocycles. The number of nitrogens with zero attached hydrogens (tertiary/aromatic N) is 1. The Labute approximate surface area is 139 Å². The van der Waals surface area contributed by atoms with Crippen LogP contribution in [0.15, 0.2) is 47.4 Å². The fourth-order valence-corrected chi connectivity index (χ4v) is 3.80. The van der Waals surface area contributed by atoms with Gasteiger partial charge in [0.25, 0.3) is 0 Å². The van der Waals surface area contributed by atoms with Crippen LogP contribution in [0, 0.1) is 0 Å². The highest BCUT2D eigenvalue weighted by Crippen LogP contribution is 2.43. The molecular weight excluding hydrogens is 318 g/mol. The summed E-state index contributed by atoms with van der Waals surface area (Å²) in [5.74, 6) is 0.351. The molecule has 1 atom stereocenters. The van der Waals surface area contributed by atoms with Gasteiger partial charge in [0.2, 0.25) is 0 Å². The van der Waals surface area contributed by atoms with E-state index in [0.717, 1.165) is 5.56 Å². The van der Waals surface area contributed by atoms with Crippen molar-refractivity contribution < 1.29 is 9.84 Å². The van der Waals surface area contributed by atoms with Gasteiger partial charge in [-0.1, -0.05) is 47.6 Å². The fourth-order valence-electron chi connectivity index (χ4n) is 2.40. The maximum Gasteiger partial charge on any atom is 0.176 e. The predicted octanol–water partition coefficient (Wildman–Crippen LogP) is 4.64. The van der Waals surface area contributed by atoms with Gasteiger partial charge in [-0.3, -0.25) is 0 Å². The summed E-state index contributed by atoms with van der Waals surface area (Å²) in [6.07, 6.45) is 4.11. The quantitative estimate of drug-likeness (QED) is 0.887. The number of halogens is 1. The molecule has 0 saturated heterocycles. The molecule has 0 aromatic heterocycles. The first kappa shape index (κ1) is 15.1. The van der Waals surface area contributed by atoms with Gasteiger partial charge in [0.15, 0.2) is 11.5 Å². The SMILES string of the molecule is COc1cc(/C=C/C2Sc3ccccc3N2C)cc(Cl)c1O. The summed E-state index contributed by atoms with van der Waals surface area (Å²) >= 11 is 7.82. The van der Waals surface area contributed by atoms with Crippen LogP contribution in [0.4, 0.5) is 5.69 Å². The first-order valence-corrected chi connectivity index (χ1v) is 8.09. The largest absolute Gasteiger partial charge is 0.503 e. The number of phenolic OH excluding ortho intramolecular Hbond substituents is 1. The lowest BCUT2D eigenvalue weighted by atomic mass is 10.2. The number of para-hydroxylation sites is 1. The topological polar surface area (TPSA) is 32.7 Å². The Hall–Kier alpha value is -1.78. The third-order valence-corrected chi connectivity index (χ3v) is 5.20. The van der Waals surface area contributed by atoms with Crippen molar-refractivity contribution in [2.24, 2.45) is 0 Å². The lowest BCUT2D eigenvalue weighted by Gasteiger charge is -2.18. The number of aromatic hydroxyl groups is 1. The Morgan fingerprint density at radius 2 is 2.09 bits per heavy atom. The summed E-state index contributed by atoms with van der Waals surface area (Å²) in [5.41, 5.74) is 2.13. The van der Waals surface area contributed by atoms with Crippen molar-refractivity contribution in [1.82, 2.24) is 0 Å². The van der Waals surface area contributed by atoms with Gasteiger partial charge in [0.1, 0.15) is 0 Å². The van der Waals surface area contributed by atoms with Crippen molar-refractivity contribution in [2.45, 2.75) is 10.3 Å². The summed E-state index contributed by atoms with van der Waals surface area (Å²) in [7, 11) is 3.59. The van der Waals surface area contributed by atoms with Crippen LogP contribution in [0.3, 0.4) is 0 Å². The Morgan fingerprint density at radius 3 is 2.82 bits per heavy atom. The molecule has 3 rings (SSSR count). The summed E-state index contributed by atoms with van der Waals surface area (Å²) in [6.45, 7) is 0. The monoisotopic (exact) mass is 333 g/mol. The van der Waals surface area contributed by atoms with E-state index in [1.807, 2.05) is 12.1 Å². The Morgan fingerprint density at radius 1 is 1.32 bits per heavy atom. The van der Waals surface area contributed by atoms with Crippen molar-refractivity contribution in [3.05, 3.63) is 53.1 Å². The molecule has 0 bridgehead atoms. The standard InChI is InChI=1S/C17H16ClNO2S/c1-19-13-5-3-4-6-15(13)22-16(19)8-7-11-9-12(18)17(20)14(10-11)21-2/h3-10,16,20H,1-2H3/b8-7+. The molecular formula is C17H16ClNO2S. The van der Waals surface area contributed by atoms with E-state index in [0.29, 0.717) is 5.75 Å². The molecule has 0 aliphatic carbocycles. The molecule has 1 aliphatic rings. The van der Waals surface area contributed by atoms with Gasteiger partial charge in [-0.2, -0.15) is 0 Å². The van der Waals surface area contributed by atoms with Crippen LogP contribution >= 0.6 is 23.4 Å². The number of benzene rings is 2. The van der Waals surface area contributed by atoms with Crippen molar-refractivity contribution in [3.8, 4) is 11.5 Å². The number of hydrogen-bond acceptors (Lipinski definition) is 4. The van der Waals surface area contributed by atoms with E-state index < -0.39 is 0 Å². The molecule has 0 amide bonds. The first-order chi connectivity index (χ1) is 10.6. The second-order valence-corrected chi connectivity index (χ2v) is 6.57. The minimum Gasteiger partial charge on any atom is -0.503 e. The lowest BCUT2D eigenvalue weighted by molar-refractivity contribution is 0.373. The van der Waals surface area contributed by atoms with Crippen LogP contribution in [0.25, 0.3) is 6.08 Å². The molecule has 1 aliphatic heterocycles. The Kier molecular flexibility index (Phi) is 4.23. The van der Waals surface area contributed by atoms with E-state index in [-0.39, 0.29) is 16.1 Å². The van der Waals surface area contributed by atoms with Gasteiger partial charge >= 0.3 is 0 Å². The van der Waals surface area contributed by atoms with Gasteiger partial charge in [0.05, 0.1) is 23.2 Å². The molecule has 0 saturated carbocycles. The maximum absolute atomic E-state index is 9.77. The van der Waals surface area contributed by atoms with E-state index in [9.17, 15) is 5.11 Å². The van der Waals surface area contributed by atoms with Gasteiger partial charge in [0, 0.05) is 11.9 Å². The molecule has 0 fully saturated rings. The highest BCUT2D eigenvalue weighted by Gasteiger charge is 2.24. The fraction of sp³-hybridized carbons (Fsp3) is 0.176. The van der Waals surface area contributed by atoms with E-state index in [4.69, 9.17) is 16.3 Å². The van der Waals surface area contributed by atoms with Crippen LogP contribution in [0.1, 0.15) is 5.56 Å². The molecule has 22 heavy (non-hydrogen) atoms. The lowest BCUT2D eigenvalue weighted by Crippen LogP contribution is -2.21. The summed E-state index contributed by atoms with van der Waals surface area (Å²) in [5, 5.41) is 10.3. The Balaban J connectivity index is 1.83. The van der Waals surface area contributed by atoms with Crippen molar-refractivity contribution >= 4 is 35.1 Å². The van der Waals surface area contributed by atoms with E-state index in [2.05, 4.69) is 36.2 Å². The second kappa shape index (κ2) is 6.15. The minimum absolute atomic E-state index is 0.0268. The van der Waals surface area contributed by atoms with E-state index >= 15 is 0 Å². The molecule has 1 unspecified atom stereocenters. The zero-order chi connectivity index (χ0) is 15.7. The molecule has 0 radical (unpaired) electrons. The summed E-state index contributed by atoms with van der Waals surface area (Å²) < 4.78 is 5.13. The predicted molar refractivity (Wildman–Crippen MR) is 93.2 cm³/mol. The number of anilines is 1. The highest BCUT2D eigenvalue weighted by atomic mass is 35.5. The van der Waals surface area contributed by atoms with Gasteiger partial charge in [-0.05, 0) is 29.8 Å². The van der Waals surface area contributed by atoms with Crippen molar-refractivity contribution in [1.29, 1.82) is 0 Å². The van der Waals surface area contributed by atoms with Crippen LogP contribution in [0.5, 0.6) is 11.5 Å². The number of methoxy groups -OCH3 is 1. The molecule has 0 spiro atoms. The third-order valence-electron chi connectivity index (χ3n) is 3.60. The summed E-state index contributed by atoms with van der Waals surface area (Å²) in [4.78, 5) is 3.51. The highest BCUT2D eigenvalue weighted by molar-refractivity contribution is 8.00. The number of phenols is 1. The molecule has 5 heteroatoms. The zero-order valence-electron chi connectivity index (χ0n) is 12.3. The first-order valence-electron chi connectivity index (χ1n) is 6.83. The zero-order valence-corrected chi connectivity index (χ0v) is 13.9. The number of hydrogen-bond donors (Lipinski definition) is 1. The van der Waals surface area contributed by atoms with Gasteiger partial charge in [-0.25, -0.2) is 0 Å². The molecule has 1 heterocycles. The normalized spacial score (nSPS) is 17.0. The maximum atomic E-state index is 9.77.